The summed E-state index contributed by atoms with van der Waals surface area (Å²) in [4.78, 5) is 23.3. The molecule has 1 N–H and O–H groups in total. The number of nitro benzene ring substituents is 1. The van der Waals surface area contributed by atoms with Gasteiger partial charge in [0, 0.05) is 30.3 Å². The van der Waals surface area contributed by atoms with Gasteiger partial charge in [-0.2, -0.15) is 4.31 Å². The first kappa shape index (κ1) is 20.0. The number of nitro groups is 1. The number of piperidine rings is 1. The van der Waals surface area contributed by atoms with Crippen LogP contribution in [0.4, 0.5) is 11.4 Å². The highest BCUT2D eigenvalue weighted by Crippen LogP contribution is 2.28. The van der Waals surface area contributed by atoms with Crippen LogP contribution in [0.3, 0.4) is 0 Å². The Morgan fingerprint density at radius 2 is 1.75 bits per heavy atom. The minimum Gasteiger partial charge on any atom is -0.321 e. The van der Waals surface area contributed by atoms with Crippen LogP contribution in [0, 0.1) is 17.0 Å². The fourth-order valence-electron chi connectivity index (χ4n) is 3.30. The zero-order valence-corrected chi connectivity index (χ0v) is 16.2. The van der Waals surface area contributed by atoms with Crippen LogP contribution in [-0.4, -0.2) is 36.6 Å². The Bertz CT molecular complexity index is 1010. The molecule has 0 unspecified atom stereocenters. The smallest absolute Gasteiger partial charge is 0.273 e. The first-order chi connectivity index (χ1) is 13.3. The molecule has 2 aromatic carbocycles. The van der Waals surface area contributed by atoms with Crippen LogP contribution in [0.1, 0.15) is 35.2 Å². The zero-order valence-electron chi connectivity index (χ0n) is 15.4. The molecule has 0 aromatic heterocycles. The predicted molar refractivity (Wildman–Crippen MR) is 105 cm³/mol. The summed E-state index contributed by atoms with van der Waals surface area (Å²) in [5.41, 5.74) is 0.339. The molecule has 1 heterocycles. The zero-order chi connectivity index (χ0) is 20.3. The highest BCUT2D eigenvalue weighted by molar-refractivity contribution is 7.89. The third-order valence-electron chi connectivity index (χ3n) is 4.81. The third-order valence-corrected chi connectivity index (χ3v) is 6.77. The van der Waals surface area contributed by atoms with E-state index in [-0.39, 0.29) is 27.4 Å². The Morgan fingerprint density at radius 1 is 1.07 bits per heavy atom. The van der Waals surface area contributed by atoms with Crippen molar-refractivity contribution in [3.63, 3.8) is 0 Å². The van der Waals surface area contributed by atoms with Gasteiger partial charge in [-0.1, -0.05) is 24.6 Å². The number of nitrogens with zero attached hydrogens (tertiary/aromatic N) is 2. The Kier molecular flexibility index (Phi) is 5.76. The van der Waals surface area contributed by atoms with E-state index in [1.807, 2.05) is 0 Å². The second kappa shape index (κ2) is 8.07. The molecule has 0 saturated carbocycles. The number of para-hydroxylation sites is 1. The maximum atomic E-state index is 13.0. The minimum atomic E-state index is -3.74. The van der Waals surface area contributed by atoms with Crippen molar-refractivity contribution in [2.75, 3.05) is 18.4 Å². The topological polar surface area (TPSA) is 110 Å². The molecule has 1 amide bonds. The number of sulfonamides is 1. The molecule has 8 nitrogen and oxygen atoms in total. The van der Waals surface area contributed by atoms with Crippen molar-refractivity contribution in [2.45, 2.75) is 31.1 Å². The largest absolute Gasteiger partial charge is 0.321 e. The lowest BCUT2D eigenvalue weighted by atomic mass is 10.1. The second-order valence-corrected chi connectivity index (χ2v) is 8.53. The highest BCUT2D eigenvalue weighted by atomic mass is 32.2. The molecule has 28 heavy (non-hydrogen) atoms. The number of carbonyl (C=O) groups is 1. The van der Waals surface area contributed by atoms with E-state index in [4.69, 9.17) is 0 Å². The van der Waals surface area contributed by atoms with Gasteiger partial charge in [0.25, 0.3) is 11.6 Å². The summed E-state index contributed by atoms with van der Waals surface area (Å²) in [7, 11) is -3.74. The van der Waals surface area contributed by atoms with Crippen molar-refractivity contribution in [3.8, 4) is 0 Å². The van der Waals surface area contributed by atoms with Crippen molar-refractivity contribution in [3.05, 3.63) is 63.7 Å². The Hall–Kier alpha value is -2.78. The van der Waals surface area contributed by atoms with Gasteiger partial charge in [-0.25, -0.2) is 8.42 Å². The summed E-state index contributed by atoms with van der Waals surface area (Å²) < 4.78 is 27.5. The summed E-state index contributed by atoms with van der Waals surface area (Å²) in [6, 6.07) is 10.4. The molecule has 0 spiro atoms. The van der Waals surface area contributed by atoms with E-state index >= 15 is 0 Å². The van der Waals surface area contributed by atoms with Crippen molar-refractivity contribution < 1.29 is 18.1 Å². The van der Waals surface area contributed by atoms with Gasteiger partial charge in [0.1, 0.15) is 4.90 Å². The molecular formula is C19H21N3O5S. The Morgan fingerprint density at radius 3 is 2.43 bits per heavy atom. The van der Waals surface area contributed by atoms with Gasteiger partial charge >= 0.3 is 0 Å². The fraction of sp³-hybridized carbons (Fsp3) is 0.316. The molecule has 3 rings (SSSR count). The van der Waals surface area contributed by atoms with Crippen molar-refractivity contribution in [1.29, 1.82) is 0 Å². The SMILES string of the molecule is Cc1c(C(=O)Nc2ccccc2S(=O)(=O)N2CCCCC2)cccc1[N+](=O)[O-]. The number of rotatable bonds is 5. The quantitative estimate of drug-likeness (QED) is 0.608. The number of amides is 1. The third kappa shape index (κ3) is 3.90. The standard InChI is InChI=1S/C19H21N3O5S/c1-14-15(8-7-10-17(14)22(24)25)19(23)20-16-9-3-4-11-18(16)28(26,27)21-12-5-2-6-13-21/h3-4,7-11H,2,5-6,12-13H2,1H3,(H,20,23). The average Bonchev–Trinajstić information content (AvgIpc) is 2.69. The molecule has 1 fully saturated rings. The molecule has 1 aliphatic rings. The van der Waals surface area contributed by atoms with Crippen LogP contribution in [0.15, 0.2) is 47.4 Å². The van der Waals surface area contributed by atoms with E-state index in [2.05, 4.69) is 5.32 Å². The van der Waals surface area contributed by atoms with Crippen LogP contribution in [-0.2, 0) is 10.0 Å². The van der Waals surface area contributed by atoms with Gasteiger partial charge in [0.05, 0.1) is 10.6 Å². The molecule has 0 radical (unpaired) electrons. The predicted octanol–water partition coefficient (Wildman–Crippen LogP) is 3.33. The van der Waals surface area contributed by atoms with Crippen LogP contribution >= 0.6 is 0 Å². The van der Waals surface area contributed by atoms with Gasteiger partial charge in [0.15, 0.2) is 0 Å². The van der Waals surface area contributed by atoms with E-state index in [1.165, 1.54) is 41.6 Å². The maximum Gasteiger partial charge on any atom is 0.273 e. The van der Waals surface area contributed by atoms with E-state index in [0.717, 1.165) is 19.3 Å². The Balaban J connectivity index is 1.93. The summed E-state index contributed by atoms with van der Waals surface area (Å²) in [6.45, 7) is 2.40. The summed E-state index contributed by atoms with van der Waals surface area (Å²) in [6.07, 6.45) is 2.61. The lowest BCUT2D eigenvalue weighted by Gasteiger charge is -2.26. The molecule has 1 aliphatic heterocycles. The lowest BCUT2D eigenvalue weighted by Crippen LogP contribution is -2.36. The van der Waals surface area contributed by atoms with E-state index < -0.39 is 20.9 Å². The fourth-order valence-corrected chi connectivity index (χ4v) is 4.96. The van der Waals surface area contributed by atoms with Crippen molar-refractivity contribution >= 4 is 27.3 Å². The van der Waals surface area contributed by atoms with Gasteiger partial charge in [-0.05, 0) is 38.0 Å². The Labute approximate surface area is 163 Å². The van der Waals surface area contributed by atoms with Crippen LogP contribution in [0.25, 0.3) is 0 Å². The lowest BCUT2D eigenvalue weighted by molar-refractivity contribution is -0.385. The number of benzene rings is 2. The minimum absolute atomic E-state index is 0.0216. The average molecular weight is 403 g/mol. The van der Waals surface area contributed by atoms with Gasteiger partial charge in [-0.15, -0.1) is 0 Å². The number of carbonyl (C=O) groups excluding carboxylic acids is 1. The number of hydrogen-bond acceptors (Lipinski definition) is 5. The molecule has 1 saturated heterocycles. The highest BCUT2D eigenvalue weighted by Gasteiger charge is 2.29. The molecule has 0 aliphatic carbocycles. The van der Waals surface area contributed by atoms with Crippen LogP contribution < -0.4 is 5.32 Å². The molecule has 9 heteroatoms. The molecule has 148 valence electrons. The monoisotopic (exact) mass is 403 g/mol. The molecule has 0 bridgehead atoms. The summed E-state index contributed by atoms with van der Waals surface area (Å²) in [5, 5.41) is 13.7. The molecular weight excluding hydrogens is 382 g/mol. The summed E-state index contributed by atoms with van der Waals surface area (Å²) >= 11 is 0. The number of hydrogen-bond donors (Lipinski definition) is 1. The summed E-state index contributed by atoms with van der Waals surface area (Å²) in [5.74, 6) is -0.595. The first-order valence-electron chi connectivity index (χ1n) is 8.97. The van der Waals surface area contributed by atoms with E-state index in [1.54, 1.807) is 12.1 Å². The van der Waals surface area contributed by atoms with Gasteiger partial charge < -0.3 is 5.32 Å². The van der Waals surface area contributed by atoms with E-state index in [9.17, 15) is 23.3 Å². The molecule has 0 atom stereocenters. The van der Waals surface area contributed by atoms with Crippen molar-refractivity contribution in [1.82, 2.24) is 4.31 Å². The number of nitrogens with one attached hydrogen (secondary N) is 1. The number of anilines is 1. The normalized spacial score (nSPS) is 15.2. The van der Waals surface area contributed by atoms with Gasteiger partial charge in [0.2, 0.25) is 10.0 Å². The van der Waals surface area contributed by atoms with Crippen molar-refractivity contribution in [2.24, 2.45) is 0 Å². The van der Waals surface area contributed by atoms with Crippen LogP contribution in [0.5, 0.6) is 0 Å². The second-order valence-electron chi connectivity index (χ2n) is 6.62. The maximum absolute atomic E-state index is 13.0. The first-order valence-corrected chi connectivity index (χ1v) is 10.4. The van der Waals surface area contributed by atoms with E-state index in [0.29, 0.717) is 13.1 Å². The van der Waals surface area contributed by atoms with Gasteiger partial charge in [-0.3, -0.25) is 14.9 Å². The van der Waals surface area contributed by atoms with Crippen LogP contribution in [0.2, 0.25) is 0 Å². The molecule has 2 aromatic rings.